The predicted octanol–water partition coefficient (Wildman–Crippen LogP) is 5.26. The van der Waals surface area contributed by atoms with E-state index >= 15 is 0 Å². The van der Waals surface area contributed by atoms with Crippen LogP contribution in [0.5, 0.6) is 0 Å². The molecule has 0 aliphatic heterocycles. The van der Waals surface area contributed by atoms with Crippen molar-refractivity contribution in [1.82, 2.24) is 0 Å². The fourth-order valence-electron chi connectivity index (χ4n) is 2.34. The first-order chi connectivity index (χ1) is 9.03. The molecular weight excluding hydrogens is 232 g/mol. The van der Waals surface area contributed by atoms with E-state index in [-0.39, 0.29) is 11.7 Å². The Hall–Kier alpha value is -1.37. The third kappa shape index (κ3) is 5.42. The van der Waals surface area contributed by atoms with Crippen LogP contribution in [0.15, 0.2) is 48.1 Å². The van der Waals surface area contributed by atoms with Crippen LogP contribution < -0.4 is 0 Å². The Labute approximate surface area is 118 Å². The van der Waals surface area contributed by atoms with E-state index in [9.17, 15) is 4.79 Å². The van der Waals surface area contributed by atoms with Crippen molar-refractivity contribution < 1.29 is 4.79 Å². The molecule has 0 aliphatic carbocycles. The largest absolute Gasteiger partial charge is 0.294 e. The summed E-state index contributed by atoms with van der Waals surface area (Å²) in [5.41, 5.74) is 1.89. The van der Waals surface area contributed by atoms with Crippen molar-refractivity contribution >= 4 is 5.78 Å². The third-order valence-corrected chi connectivity index (χ3v) is 3.41. The molecule has 0 amide bonds. The van der Waals surface area contributed by atoms with Crippen molar-refractivity contribution in [2.24, 2.45) is 11.8 Å². The molecule has 106 valence electrons. The highest BCUT2D eigenvalue weighted by molar-refractivity contribution is 6.00. The van der Waals surface area contributed by atoms with Gasteiger partial charge in [-0.15, -0.1) is 0 Å². The number of hydrogen-bond donors (Lipinski definition) is 0. The van der Waals surface area contributed by atoms with Gasteiger partial charge in [0.15, 0.2) is 5.78 Å². The molecule has 0 rings (SSSR count). The standard InChI is InChI=1S/C18H28O/c1-7-11-13-17(14(5)6)18(19)16(10-4)15(9-3)12-8-2/h7-8,11-13,15-16H,1,9-10H2,2-6H3/b12-8-,13-11-. The van der Waals surface area contributed by atoms with Gasteiger partial charge in [-0.3, -0.25) is 4.79 Å². The first-order valence-electron chi connectivity index (χ1n) is 7.16. The van der Waals surface area contributed by atoms with Crippen molar-refractivity contribution in [1.29, 1.82) is 0 Å². The van der Waals surface area contributed by atoms with Gasteiger partial charge in [-0.2, -0.15) is 0 Å². The molecule has 0 bridgehead atoms. The summed E-state index contributed by atoms with van der Waals surface area (Å²) in [4.78, 5) is 12.7. The second-order valence-corrected chi connectivity index (χ2v) is 4.99. The van der Waals surface area contributed by atoms with Crippen molar-refractivity contribution in [2.75, 3.05) is 0 Å². The molecule has 0 saturated carbocycles. The minimum absolute atomic E-state index is 0.0700. The van der Waals surface area contributed by atoms with Crippen molar-refractivity contribution in [3.8, 4) is 0 Å². The average Bonchev–Trinajstić information content (AvgIpc) is 2.38. The smallest absolute Gasteiger partial charge is 0.166 e. The number of carbonyl (C=O) groups is 1. The summed E-state index contributed by atoms with van der Waals surface area (Å²) in [6.07, 6.45) is 11.5. The van der Waals surface area contributed by atoms with Crippen LogP contribution in [0.1, 0.15) is 47.5 Å². The second-order valence-electron chi connectivity index (χ2n) is 4.99. The summed E-state index contributed by atoms with van der Waals surface area (Å²) < 4.78 is 0. The lowest BCUT2D eigenvalue weighted by Crippen LogP contribution is -2.23. The normalized spacial score (nSPS) is 14.6. The Morgan fingerprint density at radius 1 is 1.21 bits per heavy atom. The van der Waals surface area contributed by atoms with E-state index in [1.165, 1.54) is 0 Å². The maximum atomic E-state index is 12.7. The Balaban J connectivity index is 5.36. The number of carbonyl (C=O) groups excluding carboxylic acids is 1. The maximum Gasteiger partial charge on any atom is 0.166 e. The van der Waals surface area contributed by atoms with Gasteiger partial charge in [0, 0.05) is 11.5 Å². The highest BCUT2D eigenvalue weighted by Crippen LogP contribution is 2.26. The molecule has 2 unspecified atom stereocenters. The zero-order valence-electron chi connectivity index (χ0n) is 13.1. The molecule has 0 aliphatic rings. The van der Waals surface area contributed by atoms with Gasteiger partial charge in [0.05, 0.1) is 0 Å². The highest BCUT2D eigenvalue weighted by atomic mass is 16.1. The molecule has 1 nitrogen and oxygen atoms in total. The van der Waals surface area contributed by atoms with Crippen LogP contribution >= 0.6 is 0 Å². The van der Waals surface area contributed by atoms with E-state index in [4.69, 9.17) is 0 Å². The SMILES string of the molecule is C=C/C=C\C(C(=O)C(CC)C(/C=C\C)CC)=C(C)C. The molecule has 0 radical (unpaired) electrons. The number of Topliss-reactive ketones (excluding diaryl/α,β-unsaturated/α-hetero) is 1. The molecule has 0 N–H and O–H groups in total. The Kier molecular flexibility index (Phi) is 8.86. The van der Waals surface area contributed by atoms with Crippen LogP contribution in [-0.2, 0) is 4.79 Å². The molecule has 0 heterocycles. The Morgan fingerprint density at radius 3 is 2.21 bits per heavy atom. The number of hydrogen-bond acceptors (Lipinski definition) is 1. The molecule has 2 atom stereocenters. The summed E-state index contributed by atoms with van der Waals surface area (Å²) in [5, 5.41) is 0. The first kappa shape index (κ1) is 17.6. The lowest BCUT2D eigenvalue weighted by atomic mass is 9.81. The van der Waals surface area contributed by atoms with Crippen LogP contribution in [0.2, 0.25) is 0 Å². The van der Waals surface area contributed by atoms with Crippen LogP contribution in [-0.4, -0.2) is 5.78 Å². The van der Waals surface area contributed by atoms with Gasteiger partial charge in [0.1, 0.15) is 0 Å². The van der Waals surface area contributed by atoms with Gasteiger partial charge >= 0.3 is 0 Å². The van der Waals surface area contributed by atoms with Gasteiger partial charge < -0.3 is 0 Å². The van der Waals surface area contributed by atoms with Crippen LogP contribution in [0.4, 0.5) is 0 Å². The van der Waals surface area contributed by atoms with E-state index in [0.29, 0.717) is 5.92 Å². The quantitative estimate of drug-likeness (QED) is 0.330. The number of allylic oxidation sites excluding steroid dienone is 7. The van der Waals surface area contributed by atoms with Crippen molar-refractivity contribution in [3.63, 3.8) is 0 Å². The van der Waals surface area contributed by atoms with E-state index < -0.39 is 0 Å². The van der Waals surface area contributed by atoms with Crippen molar-refractivity contribution in [2.45, 2.75) is 47.5 Å². The topological polar surface area (TPSA) is 17.1 Å². The third-order valence-electron chi connectivity index (χ3n) is 3.41. The van der Waals surface area contributed by atoms with Gasteiger partial charge in [0.2, 0.25) is 0 Å². The van der Waals surface area contributed by atoms with E-state index in [2.05, 4.69) is 26.5 Å². The molecule has 0 fully saturated rings. The zero-order chi connectivity index (χ0) is 14.8. The van der Waals surface area contributed by atoms with E-state index in [0.717, 1.165) is 24.0 Å². The average molecular weight is 260 g/mol. The van der Waals surface area contributed by atoms with Gasteiger partial charge in [0.25, 0.3) is 0 Å². The Morgan fingerprint density at radius 2 is 1.84 bits per heavy atom. The maximum absolute atomic E-state index is 12.7. The highest BCUT2D eigenvalue weighted by Gasteiger charge is 2.25. The molecule has 0 saturated heterocycles. The van der Waals surface area contributed by atoms with E-state index in [1.54, 1.807) is 6.08 Å². The first-order valence-corrected chi connectivity index (χ1v) is 7.16. The molecule has 0 spiro atoms. The molecular formula is C18H28O. The fourth-order valence-corrected chi connectivity index (χ4v) is 2.34. The second kappa shape index (κ2) is 9.55. The summed E-state index contributed by atoms with van der Waals surface area (Å²) >= 11 is 0. The van der Waals surface area contributed by atoms with Gasteiger partial charge in [-0.1, -0.05) is 56.4 Å². The Bertz CT molecular complexity index is 378. The lowest BCUT2D eigenvalue weighted by molar-refractivity contribution is -0.120. The molecule has 0 aromatic heterocycles. The molecule has 19 heavy (non-hydrogen) atoms. The fraction of sp³-hybridized carbons (Fsp3) is 0.500. The predicted molar refractivity (Wildman–Crippen MR) is 85.1 cm³/mol. The number of rotatable bonds is 8. The summed E-state index contributed by atoms with van der Waals surface area (Å²) in [7, 11) is 0. The minimum atomic E-state index is 0.0700. The summed E-state index contributed by atoms with van der Waals surface area (Å²) in [6, 6.07) is 0. The summed E-state index contributed by atoms with van der Waals surface area (Å²) in [5.74, 6) is 0.653. The molecule has 1 heteroatoms. The van der Waals surface area contributed by atoms with Crippen LogP contribution in [0.25, 0.3) is 0 Å². The molecule has 0 aromatic carbocycles. The van der Waals surface area contributed by atoms with Crippen molar-refractivity contribution in [3.05, 3.63) is 48.1 Å². The summed E-state index contributed by atoms with van der Waals surface area (Å²) in [6.45, 7) is 13.9. The van der Waals surface area contributed by atoms with Gasteiger partial charge in [-0.25, -0.2) is 0 Å². The molecule has 0 aromatic rings. The lowest BCUT2D eigenvalue weighted by Gasteiger charge is -2.22. The van der Waals surface area contributed by atoms with E-state index in [1.807, 2.05) is 39.0 Å². The number of ketones is 1. The van der Waals surface area contributed by atoms with Gasteiger partial charge in [-0.05, 0) is 39.5 Å². The zero-order valence-corrected chi connectivity index (χ0v) is 13.1. The minimum Gasteiger partial charge on any atom is -0.294 e. The van der Waals surface area contributed by atoms with Crippen LogP contribution in [0, 0.1) is 11.8 Å². The van der Waals surface area contributed by atoms with Crippen LogP contribution in [0.3, 0.4) is 0 Å². The monoisotopic (exact) mass is 260 g/mol.